The summed E-state index contributed by atoms with van der Waals surface area (Å²) in [6.07, 6.45) is 0. The topological polar surface area (TPSA) is 45.2 Å². The van der Waals surface area contributed by atoms with Crippen molar-refractivity contribution in [2.45, 2.75) is 157 Å². The summed E-state index contributed by atoms with van der Waals surface area (Å²) >= 11 is 0. The van der Waals surface area contributed by atoms with Crippen LogP contribution in [0.4, 0.5) is 34.1 Å². The van der Waals surface area contributed by atoms with E-state index in [1.807, 2.05) is 0 Å². The first-order valence-electron chi connectivity index (χ1n) is 32.8. The van der Waals surface area contributed by atoms with E-state index in [2.05, 4.69) is 329 Å². The Morgan fingerprint density at radius 2 is 0.571 bits per heavy atom. The molecule has 2 aliphatic heterocycles. The van der Waals surface area contributed by atoms with Crippen LogP contribution >= 0.6 is 0 Å². The quantitative estimate of drug-likeness (QED) is 0.127. The van der Waals surface area contributed by atoms with Crippen LogP contribution in [0.15, 0.2) is 194 Å². The van der Waals surface area contributed by atoms with Gasteiger partial charge < -0.3 is 9.80 Å². The SMILES string of the molecule is CC(C)(C)c1ccc(N2c3cc4ccc5ccccc5c4cc3B3c4cc5c(ccc6ccccc65)cc4N(c4ccc(C(C)(C)C)cc4)c4cc(-c5nc(-c6cc(C(C)(C)C)cc(C(C)(C)C)c6)nc(-c6cc(C(C)(C)C)cc(C(C)(C)C)c6)n5)cc2c43)cc1. The molecule has 0 N–H and O–H groups in total. The number of hydrogen-bond acceptors (Lipinski definition) is 5. The van der Waals surface area contributed by atoms with Gasteiger partial charge in [0.05, 0.1) is 0 Å². The number of rotatable bonds is 5. The third-order valence-electron chi connectivity index (χ3n) is 19.5. The monoisotopic (exact) mass is 1190 g/mol. The number of benzene rings is 11. The Hall–Kier alpha value is -8.87. The third kappa shape index (κ3) is 10.6. The van der Waals surface area contributed by atoms with Gasteiger partial charge in [-0.05, 0) is 198 Å². The first-order chi connectivity index (χ1) is 42.8. The van der Waals surface area contributed by atoms with E-state index >= 15 is 0 Å². The van der Waals surface area contributed by atoms with E-state index in [1.165, 1.54) is 92.9 Å². The molecular weight excluding hydrogens is 1100 g/mol. The lowest BCUT2D eigenvalue weighted by molar-refractivity contribution is 0.568. The number of hydrogen-bond donors (Lipinski definition) is 0. The van der Waals surface area contributed by atoms with E-state index in [9.17, 15) is 0 Å². The summed E-state index contributed by atoms with van der Waals surface area (Å²) in [7, 11) is 0. The Labute approximate surface area is 540 Å². The number of aromatic nitrogens is 3. The van der Waals surface area contributed by atoms with E-state index in [0.29, 0.717) is 17.5 Å². The largest absolute Gasteiger partial charge is 0.311 e. The summed E-state index contributed by atoms with van der Waals surface area (Å²) in [6.45, 7) is 41.3. The van der Waals surface area contributed by atoms with Crippen molar-refractivity contribution in [1.29, 1.82) is 0 Å². The Balaban J connectivity index is 1.14. The lowest BCUT2D eigenvalue weighted by atomic mass is 9.33. The second kappa shape index (κ2) is 20.8. The summed E-state index contributed by atoms with van der Waals surface area (Å²) in [5.74, 6) is 1.92. The molecule has 6 heteroatoms. The van der Waals surface area contributed by atoms with E-state index in [1.54, 1.807) is 0 Å². The summed E-state index contributed by atoms with van der Waals surface area (Å²) in [5, 5.41) is 9.84. The van der Waals surface area contributed by atoms with Gasteiger partial charge >= 0.3 is 0 Å². The average molecular weight is 1190 g/mol. The highest BCUT2D eigenvalue weighted by atomic mass is 15.2. The molecule has 0 radical (unpaired) electrons. The third-order valence-corrected chi connectivity index (χ3v) is 19.5. The predicted molar refractivity (Wildman–Crippen MR) is 392 cm³/mol. The molecular formula is C85H86BN5. The molecule has 91 heavy (non-hydrogen) atoms. The fraction of sp³-hybridized carbons (Fsp3) is 0.282. The first-order valence-corrected chi connectivity index (χ1v) is 32.8. The molecule has 5 nitrogen and oxygen atoms in total. The van der Waals surface area contributed by atoms with Crippen LogP contribution in [0, 0.1) is 0 Å². The van der Waals surface area contributed by atoms with Crippen LogP contribution in [0.3, 0.4) is 0 Å². The van der Waals surface area contributed by atoms with Gasteiger partial charge in [-0.3, -0.25) is 0 Å². The zero-order valence-electron chi connectivity index (χ0n) is 56.8. The molecule has 11 aromatic carbocycles. The van der Waals surface area contributed by atoms with Crippen LogP contribution in [0.1, 0.15) is 158 Å². The Morgan fingerprint density at radius 1 is 0.264 bits per heavy atom. The minimum absolute atomic E-state index is 0.0480. The molecule has 1 aromatic heterocycles. The van der Waals surface area contributed by atoms with E-state index in [-0.39, 0.29) is 39.2 Å². The van der Waals surface area contributed by atoms with E-state index in [4.69, 9.17) is 15.0 Å². The Kier molecular flexibility index (Phi) is 13.7. The standard InChI is InChI=1S/C85H86BN5/c1-80(2,3)58-31-35-64(36-32-58)90-72-43-53-29-27-51-23-19-21-25-66(51)68(53)49-70(72)86-71-50-69-54(30-28-52-24-20-22-26-67(52)69)44-73(71)91(65-37-33-59(34-38-65)81(4,5)6)75-46-57(45-74(90)76(75)86)79-88-77(55-39-60(82(7,8)9)47-61(40-55)83(10,11)12)87-78(89-79)56-41-62(84(13,14)15)48-63(42-56)85(16,17)18/h19-50H,1-18H3. The molecule has 0 atom stereocenters. The van der Waals surface area contributed by atoms with Gasteiger partial charge in [-0.1, -0.05) is 246 Å². The van der Waals surface area contributed by atoms with Crippen molar-refractivity contribution < 1.29 is 0 Å². The van der Waals surface area contributed by atoms with Crippen LogP contribution in [-0.4, -0.2) is 21.7 Å². The van der Waals surface area contributed by atoms with Gasteiger partial charge in [0.25, 0.3) is 6.71 Å². The van der Waals surface area contributed by atoms with Gasteiger partial charge in [-0.25, -0.2) is 15.0 Å². The molecule has 0 saturated carbocycles. The Morgan fingerprint density at radius 3 is 0.901 bits per heavy atom. The van der Waals surface area contributed by atoms with Gasteiger partial charge in [0.2, 0.25) is 0 Å². The van der Waals surface area contributed by atoms with E-state index in [0.717, 1.165) is 50.8 Å². The molecule has 0 saturated heterocycles. The summed E-state index contributed by atoms with van der Waals surface area (Å²) in [4.78, 5) is 22.3. The second-order valence-corrected chi connectivity index (χ2v) is 32.4. The average Bonchev–Trinajstić information content (AvgIpc) is 0.690. The van der Waals surface area contributed by atoms with Crippen molar-refractivity contribution in [1.82, 2.24) is 15.0 Å². The lowest BCUT2D eigenvalue weighted by Gasteiger charge is -2.45. The van der Waals surface area contributed by atoms with Crippen molar-refractivity contribution in [3.8, 4) is 34.2 Å². The second-order valence-electron chi connectivity index (χ2n) is 32.4. The molecule has 0 amide bonds. The van der Waals surface area contributed by atoms with Crippen LogP contribution < -0.4 is 26.2 Å². The molecule has 2 aliphatic rings. The summed E-state index contributed by atoms with van der Waals surface area (Å²) < 4.78 is 0. The highest BCUT2D eigenvalue weighted by Crippen LogP contribution is 2.49. The van der Waals surface area contributed by atoms with Crippen molar-refractivity contribution in [3.05, 3.63) is 228 Å². The van der Waals surface area contributed by atoms with Crippen molar-refractivity contribution in [2.24, 2.45) is 0 Å². The van der Waals surface area contributed by atoms with Crippen molar-refractivity contribution >= 4 is 100 Å². The molecule has 12 aromatic rings. The molecule has 0 aliphatic carbocycles. The van der Waals surface area contributed by atoms with Gasteiger partial charge in [-0.15, -0.1) is 0 Å². The zero-order chi connectivity index (χ0) is 64.2. The maximum absolute atomic E-state index is 5.79. The first kappa shape index (κ1) is 59.7. The van der Waals surface area contributed by atoms with Gasteiger partial charge in [-0.2, -0.15) is 0 Å². The highest BCUT2D eigenvalue weighted by molar-refractivity contribution is 7.00. The molecule has 0 unspecified atom stereocenters. The highest BCUT2D eigenvalue weighted by Gasteiger charge is 2.45. The van der Waals surface area contributed by atoms with Crippen LogP contribution in [0.25, 0.3) is 77.3 Å². The van der Waals surface area contributed by atoms with E-state index < -0.39 is 0 Å². The Bertz CT molecular complexity index is 4560. The van der Waals surface area contributed by atoms with Crippen LogP contribution in [-0.2, 0) is 32.5 Å². The normalized spacial score (nSPS) is 13.8. The smallest absolute Gasteiger partial charge is 0.252 e. The predicted octanol–water partition coefficient (Wildman–Crippen LogP) is 21.4. The molecule has 0 fully saturated rings. The fourth-order valence-electron chi connectivity index (χ4n) is 13.9. The molecule has 3 heterocycles. The van der Waals surface area contributed by atoms with Crippen LogP contribution in [0.5, 0.6) is 0 Å². The number of anilines is 6. The lowest BCUT2D eigenvalue weighted by Crippen LogP contribution is -2.61. The molecule has 454 valence electrons. The maximum atomic E-state index is 5.79. The number of nitrogens with zero attached hydrogens (tertiary/aromatic N) is 5. The van der Waals surface area contributed by atoms with Crippen molar-refractivity contribution in [2.75, 3.05) is 9.80 Å². The van der Waals surface area contributed by atoms with Gasteiger partial charge in [0, 0.05) is 50.8 Å². The van der Waals surface area contributed by atoms with Crippen molar-refractivity contribution in [3.63, 3.8) is 0 Å². The minimum atomic E-state index is -0.178. The van der Waals surface area contributed by atoms with Crippen LogP contribution in [0.2, 0.25) is 0 Å². The van der Waals surface area contributed by atoms with Gasteiger partial charge in [0.1, 0.15) is 0 Å². The fourth-order valence-corrected chi connectivity index (χ4v) is 13.9. The minimum Gasteiger partial charge on any atom is -0.311 e. The molecule has 0 spiro atoms. The summed E-state index contributed by atoms with van der Waals surface area (Å²) in [5.41, 5.74) is 20.2. The maximum Gasteiger partial charge on any atom is 0.252 e. The zero-order valence-corrected chi connectivity index (χ0v) is 56.8. The number of fused-ring (bicyclic) bond motifs is 10. The molecule has 0 bridgehead atoms. The van der Waals surface area contributed by atoms with Gasteiger partial charge in [0.15, 0.2) is 17.5 Å². The molecule has 14 rings (SSSR count). The summed E-state index contributed by atoms with van der Waals surface area (Å²) in [6, 6.07) is 74.6.